The maximum Gasteiger partial charge on any atom is 0.243 e. The highest BCUT2D eigenvalue weighted by molar-refractivity contribution is 7.92. The van der Waals surface area contributed by atoms with Gasteiger partial charge in [0.1, 0.15) is 0 Å². The number of nitrogens with zero attached hydrogens (tertiary/aromatic N) is 4. The summed E-state index contributed by atoms with van der Waals surface area (Å²) >= 11 is 0. The molecule has 0 bridgehead atoms. The predicted molar refractivity (Wildman–Crippen MR) is 117 cm³/mol. The van der Waals surface area contributed by atoms with Gasteiger partial charge in [-0.25, -0.2) is 21.8 Å². The van der Waals surface area contributed by atoms with Gasteiger partial charge in [-0.3, -0.25) is 4.72 Å². The van der Waals surface area contributed by atoms with E-state index in [9.17, 15) is 16.8 Å². The molecule has 2 heterocycles. The van der Waals surface area contributed by atoms with Crippen molar-refractivity contribution in [2.24, 2.45) is 7.05 Å². The maximum atomic E-state index is 13.0. The van der Waals surface area contributed by atoms with E-state index < -0.39 is 20.0 Å². The second kappa shape index (κ2) is 7.56. The van der Waals surface area contributed by atoms with Crippen molar-refractivity contribution in [1.82, 2.24) is 13.9 Å². The zero-order valence-corrected chi connectivity index (χ0v) is 18.3. The van der Waals surface area contributed by atoms with E-state index in [1.165, 1.54) is 28.6 Å². The number of benzene rings is 2. The average molecular weight is 450 g/mol. The Kier molecular flexibility index (Phi) is 5.20. The summed E-state index contributed by atoms with van der Waals surface area (Å²) in [6.07, 6.45) is 1.04. The van der Waals surface area contributed by atoms with Crippen LogP contribution in [0.25, 0.3) is 11.0 Å². The number of anilines is 2. The van der Waals surface area contributed by atoms with Gasteiger partial charge in [-0.15, -0.1) is 0 Å². The van der Waals surface area contributed by atoms with Crippen LogP contribution in [0.3, 0.4) is 0 Å². The Morgan fingerprint density at radius 2 is 1.53 bits per heavy atom. The van der Waals surface area contributed by atoms with Gasteiger partial charge in [-0.1, -0.05) is 12.1 Å². The number of sulfonamides is 2. The van der Waals surface area contributed by atoms with Crippen LogP contribution < -0.4 is 9.62 Å². The monoisotopic (exact) mass is 449 g/mol. The highest BCUT2D eigenvalue weighted by Gasteiger charge is 2.30. The molecule has 0 saturated carbocycles. The number of aryl methyl sites for hydroxylation is 1. The summed E-state index contributed by atoms with van der Waals surface area (Å²) in [5.74, 6) is 0.824. The van der Waals surface area contributed by atoms with Crippen LogP contribution in [-0.4, -0.2) is 63.1 Å². The third kappa shape index (κ3) is 4.00. The second-order valence-corrected chi connectivity index (χ2v) is 10.9. The van der Waals surface area contributed by atoms with Gasteiger partial charge < -0.3 is 9.47 Å². The van der Waals surface area contributed by atoms with Crippen LogP contribution in [0.4, 0.5) is 11.6 Å². The Balaban J connectivity index is 1.48. The molecule has 0 atom stereocenters. The lowest BCUT2D eigenvalue weighted by molar-refractivity contribution is 0.381. The maximum absolute atomic E-state index is 13.0. The standard InChI is InChI=1S/C19H23N5O4S2/c1-22-18-6-4-3-5-17(18)20-19(22)23-11-13-24(14-12-23)30(27,28)16-9-7-15(8-10-16)21-29(2,25)26/h3-10,21H,11-14H2,1-2H3. The van der Waals surface area contributed by atoms with Gasteiger partial charge in [-0.05, 0) is 36.4 Å². The highest BCUT2D eigenvalue weighted by atomic mass is 32.2. The van der Waals surface area contributed by atoms with Crippen molar-refractivity contribution in [3.05, 3.63) is 48.5 Å². The van der Waals surface area contributed by atoms with Gasteiger partial charge in [0, 0.05) is 38.9 Å². The number of hydrogen-bond acceptors (Lipinski definition) is 6. The molecule has 3 aromatic rings. The number of hydrogen-bond donors (Lipinski definition) is 1. The molecular formula is C19H23N5O4S2. The summed E-state index contributed by atoms with van der Waals surface area (Å²) in [4.78, 5) is 6.91. The van der Waals surface area contributed by atoms with Crippen LogP contribution in [0.15, 0.2) is 53.4 Å². The predicted octanol–water partition coefficient (Wildman–Crippen LogP) is 1.46. The molecule has 1 aliphatic heterocycles. The van der Waals surface area contributed by atoms with Crippen molar-refractivity contribution in [2.45, 2.75) is 4.90 Å². The van der Waals surface area contributed by atoms with E-state index in [1.807, 2.05) is 35.9 Å². The van der Waals surface area contributed by atoms with Crippen LogP contribution in [0.5, 0.6) is 0 Å². The fraction of sp³-hybridized carbons (Fsp3) is 0.316. The Morgan fingerprint density at radius 3 is 2.13 bits per heavy atom. The van der Waals surface area contributed by atoms with Crippen molar-refractivity contribution < 1.29 is 16.8 Å². The van der Waals surface area contributed by atoms with Crippen LogP contribution in [0.2, 0.25) is 0 Å². The molecule has 30 heavy (non-hydrogen) atoms. The van der Waals surface area contributed by atoms with Crippen LogP contribution >= 0.6 is 0 Å². The third-order valence-corrected chi connectivity index (χ3v) is 7.60. The first-order valence-corrected chi connectivity index (χ1v) is 12.7. The Labute approximate surface area is 176 Å². The SMILES string of the molecule is Cn1c(N2CCN(S(=O)(=O)c3ccc(NS(C)(=O)=O)cc3)CC2)nc2ccccc21. The molecule has 11 heteroatoms. The van der Waals surface area contributed by atoms with E-state index in [0.29, 0.717) is 31.9 Å². The van der Waals surface area contributed by atoms with Crippen LogP contribution in [0, 0.1) is 0 Å². The van der Waals surface area contributed by atoms with E-state index in [2.05, 4.69) is 14.6 Å². The fourth-order valence-electron chi connectivity index (χ4n) is 3.60. The molecule has 1 aliphatic rings. The van der Waals surface area contributed by atoms with Crippen molar-refractivity contribution in [3.63, 3.8) is 0 Å². The smallest absolute Gasteiger partial charge is 0.243 e. The Bertz CT molecular complexity index is 1280. The Hall–Kier alpha value is -2.63. The van der Waals surface area contributed by atoms with Gasteiger partial charge in [0.25, 0.3) is 0 Å². The van der Waals surface area contributed by atoms with Crippen molar-refractivity contribution in [3.8, 4) is 0 Å². The normalized spacial score (nSPS) is 16.1. The third-order valence-electron chi connectivity index (χ3n) is 5.08. The average Bonchev–Trinajstić information content (AvgIpc) is 3.04. The number of imidazole rings is 1. The van der Waals surface area contributed by atoms with E-state index in [-0.39, 0.29) is 4.90 Å². The van der Waals surface area contributed by atoms with Gasteiger partial charge in [0.2, 0.25) is 26.0 Å². The minimum Gasteiger partial charge on any atom is -0.340 e. The largest absolute Gasteiger partial charge is 0.340 e. The molecule has 1 saturated heterocycles. The van der Waals surface area contributed by atoms with E-state index in [0.717, 1.165) is 23.2 Å². The number of aromatic nitrogens is 2. The van der Waals surface area contributed by atoms with Gasteiger partial charge in [0.05, 0.1) is 22.2 Å². The van der Waals surface area contributed by atoms with E-state index >= 15 is 0 Å². The lowest BCUT2D eigenvalue weighted by Crippen LogP contribution is -2.49. The van der Waals surface area contributed by atoms with Gasteiger partial charge >= 0.3 is 0 Å². The van der Waals surface area contributed by atoms with Crippen LogP contribution in [-0.2, 0) is 27.1 Å². The minimum absolute atomic E-state index is 0.137. The number of fused-ring (bicyclic) bond motifs is 1. The molecule has 0 aliphatic carbocycles. The first-order chi connectivity index (χ1) is 14.1. The van der Waals surface area contributed by atoms with E-state index in [1.54, 1.807) is 0 Å². The molecule has 0 amide bonds. The first kappa shape index (κ1) is 20.6. The number of rotatable bonds is 5. The molecule has 1 fully saturated rings. The molecule has 0 unspecified atom stereocenters. The quantitative estimate of drug-likeness (QED) is 0.632. The van der Waals surface area contributed by atoms with Crippen LogP contribution in [0.1, 0.15) is 0 Å². The van der Waals surface area contributed by atoms with Crippen molar-refractivity contribution in [1.29, 1.82) is 0 Å². The number of para-hydroxylation sites is 2. The molecule has 4 rings (SSSR count). The molecule has 160 valence electrons. The molecular weight excluding hydrogens is 426 g/mol. The summed E-state index contributed by atoms with van der Waals surface area (Å²) in [7, 11) is -5.12. The summed E-state index contributed by atoms with van der Waals surface area (Å²) in [5.41, 5.74) is 2.27. The van der Waals surface area contributed by atoms with Crippen molar-refractivity contribution >= 4 is 42.7 Å². The van der Waals surface area contributed by atoms with E-state index in [4.69, 9.17) is 0 Å². The molecule has 1 aromatic heterocycles. The first-order valence-electron chi connectivity index (χ1n) is 9.39. The number of nitrogens with one attached hydrogen (secondary N) is 1. The topological polar surface area (TPSA) is 105 Å². The zero-order chi connectivity index (χ0) is 21.5. The summed E-state index contributed by atoms with van der Waals surface area (Å²) in [6.45, 7) is 1.75. The van der Waals surface area contributed by atoms with Gasteiger partial charge in [0.15, 0.2) is 0 Å². The molecule has 2 aromatic carbocycles. The summed E-state index contributed by atoms with van der Waals surface area (Å²) in [5, 5.41) is 0. The molecule has 9 nitrogen and oxygen atoms in total. The fourth-order valence-corrected chi connectivity index (χ4v) is 5.59. The summed E-state index contributed by atoms with van der Waals surface area (Å²) in [6, 6.07) is 13.6. The highest BCUT2D eigenvalue weighted by Crippen LogP contribution is 2.24. The van der Waals surface area contributed by atoms with Gasteiger partial charge in [-0.2, -0.15) is 4.31 Å². The zero-order valence-electron chi connectivity index (χ0n) is 16.7. The van der Waals surface area contributed by atoms with Crippen molar-refractivity contribution in [2.75, 3.05) is 42.1 Å². The lowest BCUT2D eigenvalue weighted by Gasteiger charge is -2.34. The minimum atomic E-state index is -3.66. The number of piperazine rings is 1. The lowest BCUT2D eigenvalue weighted by atomic mass is 10.3. The molecule has 0 spiro atoms. The molecule has 0 radical (unpaired) electrons. The second-order valence-electron chi connectivity index (χ2n) is 7.25. The Morgan fingerprint density at radius 1 is 0.900 bits per heavy atom. The summed E-state index contributed by atoms with van der Waals surface area (Å²) < 4.78 is 54.4. The molecule has 1 N–H and O–H groups in total.